The van der Waals surface area contributed by atoms with Gasteiger partial charge in [-0.3, -0.25) is 9.59 Å². The van der Waals surface area contributed by atoms with E-state index in [0.29, 0.717) is 12.3 Å². The van der Waals surface area contributed by atoms with Crippen LogP contribution < -0.4 is 5.73 Å². The van der Waals surface area contributed by atoms with Gasteiger partial charge in [0.2, 0.25) is 0 Å². The van der Waals surface area contributed by atoms with Crippen LogP contribution in [0.25, 0.3) is 0 Å². The third-order valence-electron chi connectivity index (χ3n) is 8.44. The molecule has 0 saturated heterocycles. The molecule has 3 nitrogen and oxygen atoms in total. The van der Waals surface area contributed by atoms with Gasteiger partial charge >= 0.3 is 0 Å². The molecule has 0 amide bonds. The molecule has 0 aromatic heterocycles. The SMILES string of the molecule is C[C@@]12CC=C3C4=CCC5=CC(=O)CC[C@]5(C)C4CC[C@]31C(=O)C(N)C2. The Morgan fingerprint density at radius 3 is 2.76 bits per heavy atom. The van der Waals surface area contributed by atoms with Crippen molar-refractivity contribution in [3.63, 3.8) is 0 Å². The number of nitrogens with two attached hydrogens (primary N) is 1. The summed E-state index contributed by atoms with van der Waals surface area (Å²) in [4.78, 5) is 25.1. The quantitative estimate of drug-likeness (QED) is 0.734. The van der Waals surface area contributed by atoms with Crippen LogP contribution >= 0.6 is 0 Å². The molecule has 2 unspecified atom stereocenters. The summed E-state index contributed by atoms with van der Waals surface area (Å²) in [5.74, 6) is 1.01. The molecule has 2 fully saturated rings. The highest BCUT2D eigenvalue weighted by Gasteiger charge is 2.67. The molecule has 25 heavy (non-hydrogen) atoms. The Kier molecular flexibility index (Phi) is 2.91. The maximum Gasteiger partial charge on any atom is 0.160 e. The summed E-state index contributed by atoms with van der Waals surface area (Å²) in [5.41, 5.74) is 10.0. The van der Waals surface area contributed by atoms with Gasteiger partial charge in [-0.05, 0) is 72.5 Å². The summed E-state index contributed by atoms with van der Waals surface area (Å²) in [7, 11) is 0. The Balaban J connectivity index is 1.63. The Morgan fingerprint density at radius 1 is 1.16 bits per heavy atom. The fourth-order valence-electron chi connectivity index (χ4n) is 7.01. The predicted octanol–water partition coefficient (Wildman–Crippen LogP) is 3.65. The molecular weight excluding hydrogens is 310 g/mol. The average Bonchev–Trinajstić information content (AvgIpc) is 2.97. The van der Waals surface area contributed by atoms with Gasteiger partial charge in [0.25, 0.3) is 0 Å². The largest absolute Gasteiger partial charge is 0.321 e. The third kappa shape index (κ3) is 1.66. The van der Waals surface area contributed by atoms with Gasteiger partial charge < -0.3 is 5.73 Å². The molecule has 5 aliphatic carbocycles. The minimum Gasteiger partial charge on any atom is -0.321 e. The van der Waals surface area contributed by atoms with E-state index < -0.39 is 0 Å². The maximum absolute atomic E-state index is 13.2. The van der Waals surface area contributed by atoms with Crippen molar-refractivity contribution in [3.05, 3.63) is 34.9 Å². The fourth-order valence-corrected chi connectivity index (χ4v) is 7.01. The van der Waals surface area contributed by atoms with Crippen LogP contribution in [-0.4, -0.2) is 17.6 Å². The molecular formula is C22H27NO2. The van der Waals surface area contributed by atoms with Gasteiger partial charge in [0.1, 0.15) is 0 Å². The summed E-state index contributed by atoms with van der Waals surface area (Å²) in [5, 5.41) is 0. The van der Waals surface area contributed by atoms with Gasteiger partial charge in [0.15, 0.2) is 11.6 Å². The predicted molar refractivity (Wildman–Crippen MR) is 96.7 cm³/mol. The smallest absolute Gasteiger partial charge is 0.160 e. The van der Waals surface area contributed by atoms with E-state index in [1.165, 1.54) is 16.7 Å². The Hall–Kier alpha value is -1.48. The minimum absolute atomic E-state index is 0.00416. The van der Waals surface area contributed by atoms with Crippen molar-refractivity contribution in [2.24, 2.45) is 27.9 Å². The van der Waals surface area contributed by atoms with Gasteiger partial charge in [0.05, 0.1) is 11.5 Å². The lowest BCUT2D eigenvalue weighted by molar-refractivity contribution is -0.128. The zero-order valence-electron chi connectivity index (χ0n) is 15.2. The molecule has 0 radical (unpaired) electrons. The summed E-state index contributed by atoms with van der Waals surface area (Å²) in [6.07, 6.45) is 12.8. The molecule has 0 aliphatic heterocycles. The molecule has 0 heterocycles. The first-order valence-electron chi connectivity index (χ1n) is 9.77. The molecule has 5 atom stereocenters. The summed E-state index contributed by atoms with van der Waals surface area (Å²) in [6.45, 7) is 4.62. The zero-order valence-corrected chi connectivity index (χ0v) is 15.2. The second kappa shape index (κ2) is 4.62. The van der Waals surface area contributed by atoms with Crippen LogP contribution in [0.4, 0.5) is 0 Å². The number of hydrogen-bond acceptors (Lipinski definition) is 3. The summed E-state index contributed by atoms with van der Waals surface area (Å²) in [6, 6.07) is -0.298. The molecule has 132 valence electrons. The highest BCUT2D eigenvalue weighted by Crippen LogP contribution is 2.70. The monoisotopic (exact) mass is 337 g/mol. The number of fused-ring (bicyclic) bond motifs is 4. The Morgan fingerprint density at radius 2 is 1.96 bits per heavy atom. The second-order valence-corrected chi connectivity index (χ2v) is 9.47. The van der Waals surface area contributed by atoms with Crippen molar-refractivity contribution in [1.29, 1.82) is 0 Å². The van der Waals surface area contributed by atoms with Crippen molar-refractivity contribution in [3.8, 4) is 0 Å². The number of rotatable bonds is 0. The van der Waals surface area contributed by atoms with Crippen LogP contribution in [0.3, 0.4) is 0 Å². The average molecular weight is 337 g/mol. The Labute approximate surface area is 149 Å². The first kappa shape index (κ1) is 15.7. The Bertz CT molecular complexity index is 803. The van der Waals surface area contributed by atoms with E-state index in [0.717, 1.165) is 38.5 Å². The van der Waals surface area contributed by atoms with E-state index in [4.69, 9.17) is 5.73 Å². The molecule has 0 aromatic carbocycles. The molecule has 2 N–H and O–H groups in total. The van der Waals surface area contributed by atoms with Crippen LogP contribution in [0.2, 0.25) is 0 Å². The van der Waals surface area contributed by atoms with Crippen LogP contribution in [0.5, 0.6) is 0 Å². The number of hydrogen-bond donors (Lipinski definition) is 1. The van der Waals surface area contributed by atoms with Crippen LogP contribution in [0.1, 0.15) is 58.8 Å². The number of Topliss-reactive ketones (excluding diaryl/α,β-unsaturated/α-hetero) is 1. The van der Waals surface area contributed by atoms with Gasteiger partial charge in [-0.25, -0.2) is 0 Å². The lowest BCUT2D eigenvalue weighted by Gasteiger charge is -2.53. The van der Waals surface area contributed by atoms with Crippen LogP contribution in [-0.2, 0) is 9.59 Å². The zero-order chi connectivity index (χ0) is 17.6. The fraction of sp³-hybridized carbons (Fsp3) is 0.636. The highest BCUT2D eigenvalue weighted by molar-refractivity contribution is 5.98. The number of carbonyl (C=O) groups excluding carboxylic acids is 2. The molecule has 2 saturated carbocycles. The van der Waals surface area contributed by atoms with Gasteiger partial charge in [0, 0.05) is 6.42 Å². The summed E-state index contributed by atoms with van der Waals surface area (Å²) >= 11 is 0. The standard InChI is InChI=1S/C22H27NO2/c1-20-8-6-17-15-4-3-13-11-14(24)5-9-21(13,2)16(15)7-10-22(17,20)19(25)18(23)12-20/h4,6,11,16,18H,3,5,7-10,12,23H2,1-2H3/t16?,18?,20-,21-,22+/m0/s1. The normalized spacial score (nSPS) is 48.0. The van der Waals surface area contributed by atoms with E-state index in [2.05, 4.69) is 26.0 Å². The topological polar surface area (TPSA) is 60.2 Å². The number of carbonyl (C=O) groups is 2. The number of ketones is 2. The maximum atomic E-state index is 13.2. The first-order chi connectivity index (χ1) is 11.8. The molecule has 5 rings (SSSR count). The van der Waals surface area contributed by atoms with Gasteiger partial charge in [-0.15, -0.1) is 0 Å². The van der Waals surface area contributed by atoms with Crippen LogP contribution in [0.15, 0.2) is 34.9 Å². The van der Waals surface area contributed by atoms with Crippen LogP contribution in [0, 0.1) is 22.2 Å². The van der Waals surface area contributed by atoms with Crippen molar-refractivity contribution in [2.45, 2.75) is 64.8 Å². The van der Waals surface area contributed by atoms with Crippen molar-refractivity contribution >= 4 is 11.6 Å². The van der Waals surface area contributed by atoms with Gasteiger partial charge in [-0.1, -0.05) is 31.6 Å². The molecule has 5 aliphatic rings. The molecule has 0 bridgehead atoms. The third-order valence-corrected chi connectivity index (χ3v) is 8.44. The van der Waals surface area contributed by atoms with E-state index >= 15 is 0 Å². The lowest BCUT2D eigenvalue weighted by atomic mass is 9.49. The number of allylic oxidation sites excluding steroid dienone is 6. The molecule has 0 aromatic rings. The molecule has 1 spiro atoms. The van der Waals surface area contributed by atoms with Crippen molar-refractivity contribution in [1.82, 2.24) is 0 Å². The van der Waals surface area contributed by atoms with E-state index in [1.54, 1.807) is 0 Å². The lowest BCUT2D eigenvalue weighted by Crippen LogP contribution is -2.48. The summed E-state index contributed by atoms with van der Waals surface area (Å²) < 4.78 is 0. The first-order valence-corrected chi connectivity index (χ1v) is 9.77. The van der Waals surface area contributed by atoms with Crippen molar-refractivity contribution in [2.75, 3.05) is 0 Å². The highest BCUT2D eigenvalue weighted by atomic mass is 16.1. The molecule has 3 heteroatoms. The second-order valence-electron chi connectivity index (χ2n) is 9.47. The van der Waals surface area contributed by atoms with E-state index in [1.807, 2.05) is 6.08 Å². The van der Waals surface area contributed by atoms with E-state index in [-0.39, 0.29) is 33.9 Å². The minimum atomic E-state index is -0.336. The van der Waals surface area contributed by atoms with Gasteiger partial charge in [-0.2, -0.15) is 0 Å². The van der Waals surface area contributed by atoms with E-state index in [9.17, 15) is 9.59 Å². The van der Waals surface area contributed by atoms with Crippen molar-refractivity contribution < 1.29 is 9.59 Å².